The summed E-state index contributed by atoms with van der Waals surface area (Å²) in [5.74, 6) is 1.97. The van der Waals surface area contributed by atoms with Gasteiger partial charge >= 0.3 is 0 Å². The van der Waals surface area contributed by atoms with Crippen LogP contribution >= 0.6 is 0 Å². The summed E-state index contributed by atoms with van der Waals surface area (Å²) in [6, 6.07) is 14.6. The first-order valence-electron chi connectivity index (χ1n) is 10.3. The van der Waals surface area contributed by atoms with Crippen molar-refractivity contribution in [2.75, 3.05) is 32.8 Å². The number of morpholine rings is 1. The van der Waals surface area contributed by atoms with Crippen LogP contribution in [0.5, 0.6) is 0 Å². The molecule has 29 heavy (non-hydrogen) atoms. The molecule has 0 amide bonds. The van der Waals surface area contributed by atoms with Crippen LogP contribution in [0.2, 0.25) is 0 Å². The van der Waals surface area contributed by atoms with Crippen LogP contribution < -0.4 is 5.32 Å². The molecular formula is C23H30N4O2. The van der Waals surface area contributed by atoms with Crippen LogP contribution in [-0.4, -0.2) is 47.5 Å². The summed E-state index contributed by atoms with van der Waals surface area (Å²) in [5.41, 5.74) is 4.59. The van der Waals surface area contributed by atoms with Gasteiger partial charge in [0.25, 0.3) is 0 Å². The first-order chi connectivity index (χ1) is 14.1. The number of para-hydroxylation sites is 1. The van der Waals surface area contributed by atoms with E-state index in [1.54, 1.807) is 0 Å². The van der Waals surface area contributed by atoms with E-state index in [4.69, 9.17) is 14.3 Å². The molecule has 1 aromatic carbocycles. The van der Waals surface area contributed by atoms with Gasteiger partial charge in [-0.15, -0.1) is 0 Å². The van der Waals surface area contributed by atoms with Gasteiger partial charge in [0.1, 0.15) is 11.5 Å². The Balaban J connectivity index is 1.47. The Bertz CT molecular complexity index is 926. The van der Waals surface area contributed by atoms with E-state index in [2.05, 4.69) is 42.3 Å². The molecule has 154 valence electrons. The smallest absolute Gasteiger partial charge is 0.122 e. The van der Waals surface area contributed by atoms with E-state index in [0.29, 0.717) is 0 Å². The second-order valence-corrected chi connectivity index (χ2v) is 7.64. The normalized spacial score (nSPS) is 16.2. The first kappa shape index (κ1) is 19.9. The highest BCUT2D eigenvalue weighted by Gasteiger charge is 2.25. The van der Waals surface area contributed by atoms with Crippen molar-refractivity contribution in [3.8, 4) is 5.69 Å². The lowest BCUT2D eigenvalue weighted by Gasteiger charge is -2.33. The number of ether oxygens (including phenoxy) is 1. The Morgan fingerprint density at radius 3 is 2.48 bits per heavy atom. The number of hydrogen-bond donors (Lipinski definition) is 1. The molecule has 3 aromatic rings. The monoisotopic (exact) mass is 394 g/mol. The van der Waals surface area contributed by atoms with Crippen molar-refractivity contribution in [2.45, 2.75) is 33.4 Å². The maximum atomic E-state index is 5.97. The number of benzene rings is 1. The second kappa shape index (κ2) is 8.95. The van der Waals surface area contributed by atoms with Gasteiger partial charge in [-0.05, 0) is 45.0 Å². The molecule has 0 radical (unpaired) electrons. The minimum Gasteiger partial charge on any atom is -0.465 e. The maximum absolute atomic E-state index is 5.97. The molecule has 1 atom stereocenters. The zero-order valence-electron chi connectivity index (χ0n) is 17.5. The fourth-order valence-corrected chi connectivity index (χ4v) is 4.02. The number of rotatable bonds is 7. The summed E-state index contributed by atoms with van der Waals surface area (Å²) < 4.78 is 13.5. The van der Waals surface area contributed by atoms with Crippen molar-refractivity contribution >= 4 is 0 Å². The minimum absolute atomic E-state index is 0.206. The number of aromatic nitrogens is 2. The summed E-state index contributed by atoms with van der Waals surface area (Å²) in [6.07, 6.45) is 0. The van der Waals surface area contributed by atoms with Gasteiger partial charge in [-0.2, -0.15) is 5.10 Å². The van der Waals surface area contributed by atoms with E-state index < -0.39 is 0 Å². The summed E-state index contributed by atoms with van der Waals surface area (Å²) in [5, 5.41) is 8.42. The third kappa shape index (κ3) is 4.45. The highest BCUT2D eigenvalue weighted by Crippen LogP contribution is 2.24. The first-order valence-corrected chi connectivity index (χ1v) is 10.3. The van der Waals surface area contributed by atoms with Crippen LogP contribution in [0.3, 0.4) is 0 Å². The lowest BCUT2D eigenvalue weighted by molar-refractivity contribution is 0.0115. The zero-order valence-corrected chi connectivity index (χ0v) is 17.5. The van der Waals surface area contributed by atoms with Crippen LogP contribution in [0, 0.1) is 20.8 Å². The Labute approximate surface area is 172 Å². The fraction of sp³-hybridized carbons (Fsp3) is 0.435. The van der Waals surface area contributed by atoms with Crippen molar-refractivity contribution in [1.29, 1.82) is 0 Å². The topological polar surface area (TPSA) is 55.5 Å². The van der Waals surface area contributed by atoms with Crippen LogP contribution in [0.4, 0.5) is 0 Å². The molecule has 6 heteroatoms. The number of hydrogen-bond acceptors (Lipinski definition) is 5. The third-order valence-electron chi connectivity index (χ3n) is 5.66. The quantitative estimate of drug-likeness (QED) is 0.664. The van der Waals surface area contributed by atoms with Gasteiger partial charge < -0.3 is 14.5 Å². The molecule has 6 nitrogen and oxygen atoms in total. The van der Waals surface area contributed by atoms with Gasteiger partial charge in [0.15, 0.2) is 0 Å². The predicted octanol–water partition coefficient (Wildman–Crippen LogP) is 3.55. The van der Waals surface area contributed by atoms with Gasteiger partial charge in [-0.3, -0.25) is 4.90 Å². The van der Waals surface area contributed by atoms with Crippen LogP contribution in [0.15, 0.2) is 46.9 Å². The molecule has 1 N–H and O–H groups in total. The highest BCUT2D eigenvalue weighted by molar-refractivity contribution is 5.36. The molecule has 0 bridgehead atoms. The molecule has 0 aliphatic carbocycles. The standard InChI is InChI=1S/C23H30N4O2/c1-17-9-10-23(29-17)22(26-11-13-28-14-12-26)16-24-15-21-18(2)25-27(19(21)3)20-7-5-4-6-8-20/h4-10,22,24H,11-16H2,1-3H3. The molecule has 1 fully saturated rings. The van der Waals surface area contributed by atoms with E-state index in [0.717, 1.165) is 62.3 Å². The molecular weight excluding hydrogens is 364 g/mol. The van der Waals surface area contributed by atoms with E-state index in [9.17, 15) is 0 Å². The molecule has 1 unspecified atom stereocenters. The van der Waals surface area contributed by atoms with Gasteiger partial charge in [-0.1, -0.05) is 18.2 Å². The molecule has 0 spiro atoms. The second-order valence-electron chi connectivity index (χ2n) is 7.64. The zero-order chi connectivity index (χ0) is 20.2. The number of furan rings is 1. The molecule has 3 heterocycles. The lowest BCUT2D eigenvalue weighted by atomic mass is 10.1. The Kier molecular flexibility index (Phi) is 6.13. The molecule has 2 aromatic heterocycles. The number of nitrogens with one attached hydrogen (secondary N) is 1. The number of aryl methyl sites for hydroxylation is 2. The molecule has 1 aliphatic rings. The largest absolute Gasteiger partial charge is 0.465 e. The van der Waals surface area contributed by atoms with Gasteiger partial charge in [-0.25, -0.2) is 4.68 Å². The van der Waals surface area contributed by atoms with Gasteiger partial charge in [0.2, 0.25) is 0 Å². The summed E-state index contributed by atoms with van der Waals surface area (Å²) >= 11 is 0. The van der Waals surface area contributed by atoms with E-state index in [1.165, 1.54) is 11.3 Å². The summed E-state index contributed by atoms with van der Waals surface area (Å²) in [4.78, 5) is 2.45. The molecule has 1 aliphatic heterocycles. The Morgan fingerprint density at radius 1 is 1.03 bits per heavy atom. The fourth-order valence-electron chi connectivity index (χ4n) is 4.02. The third-order valence-corrected chi connectivity index (χ3v) is 5.66. The lowest BCUT2D eigenvalue weighted by Crippen LogP contribution is -2.42. The molecule has 0 saturated carbocycles. The van der Waals surface area contributed by atoms with E-state index in [1.807, 2.05) is 35.9 Å². The summed E-state index contributed by atoms with van der Waals surface area (Å²) in [6.45, 7) is 11.2. The van der Waals surface area contributed by atoms with Crippen molar-refractivity contribution < 1.29 is 9.15 Å². The van der Waals surface area contributed by atoms with Crippen molar-refractivity contribution in [3.63, 3.8) is 0 Å². The van der Waals surface area contributed by atoms with Crippen LogP contribution in [-0.2, 0) is 11.3 Å². The summed E-state index contributed by atoms with van der Waals surface area (Å²) in [7, 11) is 0. The average molecular weight is 395 g/mol. The van der Waals surface area contributed by atoms with E-state index >= 15 is 0 Å². The predicted molar refractivity (Wildman–Crippen MR) is 113 cm³/mol. The van der Waals surface area contributed by atoms with Gasteiger partial charge in [0.05, 0.1) is 30.6 Å². The van der Waals surface area contributed by atoms with Crippen molar-refractivity contribution in [1.82, 2.24) is 20.0 Å². The van der Waals surface area contributed by atoms with Crippen molar-refractivity contribution in [2.24, 2.45) is 0 Å². The van der Waals surface area contributed by atoms with Crippen molar-refractivity contribution in [3.05, 3.63) is 70.9 Å². The Hall–Kier alpha value is -2.41. The highest BCUT2D eigenvalue weighted by atomic mass is 16.5. The van der Waals surface area contributed by atoms with E-state index in [-0.39, 0.29) is 6.04 Å². The number of nitrogens with zero attached hydrogens (tertiary/aromatic N) is 3. The molecule has 4 rings (SSSR count). The molecule has 1 saturated heterocycles. The SMILES string of the molecule is Cc1ccc(C(CNCc2c(C)nn(-c3ccccc3)c2C)N2CCOCC2)o1. The van der Waals surface area contributed by atoms with Crippen LogP contribution in [0.25, 0.3) is 5.69 Å². The minimum atomic E-state index is 0.206. The average Bonchev–Trinajstić information content (AvgIpc) is 3.30. The maximum Gasteiger partial charge on any atom is 0.122 e. The Morgan fingerprint density at radius 2 is 1.79 bits per heavy atom. The van der Waals surface area contributed by atoms with Gasteiger partial charge in [0, 0.05) is 37.4 Å². The van der Waals surface area contributed by atoms with Crippen LogP contribution in [0.1, 0.15) is 34.5 Å².